The average molecular weight is 315 g/mol. The van der Waals surface area contributed by atoms with E-state index in [4.69, 9.17) is 9.84 Å². The summed E-state index contributed by atoms with van der Waals surface area (Å²) in [5, 5.41) is 9.13. The molecule has 2 aromatic heterocycles. The Morgan fingerprint density at radius 3 is 2.55 bits per heavy atom. The van der Waals surface area contributed by atoms with Crippen molar-refractivity contribution in [3.63, 3.8) is 0 Å². The number of halogens is 3. The van der Waals surface area contributed by atoms with Crippen LogP contribution >= 0.6 is 0 Å². The lowest BCUT2D eigenvalue weighted by atomic mass is 10.2. The van der Waals surface area contributed by atoms with Gasteiger partial charge in [-0.1, -0.05) is 0 Å². The van der Waals surface area contributed by atoms with Crippen LogP contribution in [0.3, 0.4) is 0 Å². The van der Waals surface area contributed by atoms with Gasteiger partial charge in [-0.2, -0.15) is 13.2 Å². The SMILES string of the molecule is O=C(O)c1ccc(C(F)(F)F)n2c(N3CCOCC3)cnc12. The van der Waals surface area contributed by atoms with Crippen LogP contribution in [0.1, 0.15) is 16.1 Å². The maximum atomic E-state index is 13.2. The molecule has 0 aliphatic carbocycles. The third-order valence-electron chi connectivity index (χ3n) is 3.49. The van der Waals surface area contributed by atoms with Gasteiger partial charge in [0.1, 0.15) is 17.1 Å². The molecule has 0 amide bonds. The molecule has 1 saturated heterocycles. The van der Waals surface area contributed by atoms with E-state index in [9.17, 15) is 18.0 Å². The van der Waals surface area contributed by atoms with Crippen molar-refractivity contribution >= 4 is 17.4 Å². The standard InChI is InChI=1S/C13H12F3N3O3/c14-13(15,16)9-2-1-8(12(20)21)11-17-7-10(19(9)11)18-3-5-22-6-4-18/h1-2,7H,3-6H2,(H,20,21). The summed E-state index contributed by atoms with van der Waals surface area (Å²) in [5.74, 6) is -1.11. The molecule has 1 fully saturated rings. The second-order valence-corrected chi connectivity index (χ2v) is 4.81. The fourth-order valence-corrected chi connectivity index (χ4v) is 2.49. The zero-order valence-electron chi connectivity index (χ0n) is 11.3. The van der Waals surface area contributed by atoms with Crippen molar-refractivity contribution in [3.05, 3.63) is 29.6 Å². The lowest BCUT2D eigenvalue weighted by molar-refractivity contribution is -0.141. The smallest absolute Gasteiger partial charge is 0.431 e. The minimum Gasteiger partial charge on any atom is -0.478 e. The van der Waals surface area contributed by atoms with Gasteiger partial charge in [0.25, 0.3) is 0 Å². The Hall–Kier alpha value is -2.29. The van der Waals surface area contributed by atoms with Crippen LogP contribution in [0.5, 0.6) is 0 Å². The third kappa shape index (κ3) is 2.37. The van der Waals surface area contributed by atoms with Crippen LogP contribution in [-0.4, -0.2) is 46.8 Å². The van der Waals surface area contributed by atoms with Gasteiger partial charge in [-0.05, 0) is 12.1 Å². The molecule has 0 aromatic carbocycles. The number of aromatic nitrogens is 2. The van der Waals surface area contributed by atoms with E-state index in [1.807, 2.05) is 0 Å². The molecular weight excluding hydrogens is 303 g/mol. The number of hydrogen-bond donors (Lipinski definition) is 1. The maximum Gasteiger partial charge on any atom is 0.431 e. The van der Waals surface area contributed by atoms with Gasteiger partial charge in [0.2, 0.25) is 0 Å². The number of fused-ring (bicyclic) bond motifs is 1. The number of hydrogen-bond acceptors (Lipinski definition) is 4. The van der Waals surface area contributed by atoms with Crippen LogP contribution < -0.4 is 4.90 Å². The lowest BCUT2D eigenvalue weighted by Crippen LogP contribution is -2.37. The molecule has 0 spiro atoms. The number of pyridine rings is 1. The van der Waals surface area contributed by atoms with Crippen LogP contribution in [0.25, 0.3) is 5.65 Å². The third-order valence-corrected chi connectivity index (χ3v) is 3.49. The van der Waals surface area contributed by atoms with Gasteiger partial charge in [0.05, 0.1) is 19.4 Å². The van der Waals surface area contributed by atoms with Crippen LogP contribution in [0, 0.1) is 0 Å². The summed E-state index contributed by atoms with van der Waals surface area (Å²) >= 11 is 0. The number of ether oxygens (including phenoxy) is 1. The van der Waals surface area contributed by atoms with E-state index in [1.54, 1.807) is 4.90 Å². The largest absolute Gasteiger partial charge is 0.478 e. The van der Waals surface area contributed by atoms with Gasteiger partial charge >= 0.3 is 12.1 Å². The molecule has 1 aliphatic rings. The van der Waals surface area contributed by atoms with Crippen molar-refractivity contribution in [1.29, 1.82) is 0 Å². The predicted molar refractivity (Wildman–Crippen MR) is 70.2 cm³/mol. The highest BCUT2D eigenvalue weighted by atomic mass is 19.4. The topological polar surface area (TPSA) is 67.1 Å². The number of aromatic carboxylic acids is 1. The molecule has 0 saturated carbocycles. The zero-order valence-corrected chi connectivity index (χ0v) is 11.3. The number of carbonyl (C=O) groups is 1. The molecular formula is C13H12F3N3O3. The molecule has 0 atom stereocenters. The predicted octanol–water partition coefficient (Wildman–Crippen LogP) is 1.89. The summed E-state index contributed by atoms with van der Waals surface area (Å²) in [4.78, 5) is 16.8. The van der Waals surface area contributed by atoms with E-state index in [-0.39, 0.29) is 17.0 Å². The molecule has 0 bridgehead atoms. The molecule has 3 heterocycles. The summed E-state index contributed by atoms with van der Waals surface area (Å²) in [6, 6.07) is 1.69. The summed E-state index contributed by atoms with van der Waals surface area (Å²) in [6.45, 7) is 1.63. The first kappa shape index (κ1) is 14.6. The minimum atomic E-state index is -4.61. The van der Waals surface area contributed by atoms with E-state index < -0.39 is 17.8 Å². The average Bonchev–Trinajstić information content (AvgIpc) is 2.90. The number of carboxylic acids is 1. The molecule has 0 radical (unpaired) electrons. The Labute approximate surface area is 122 Å². The highest BCUT2D eigenvalue weighted by Gasteiger charge is 2.36. The first-order chi connectivity index (χ1) is 10.4. The number of carboxylic acid groups (broad SMARTS) is 1. The van der Waals surface area contributed by atoms with Crippen LogP contribution in [0.15, 0.2) is 18.3 Å². The summed E-state index contributed by atoms with van der Waals surface area (Å²) in [6.07, 6.45) is -3.35. The quantitative estimate of drug-likeness (QED) is 0.916. The number of alkyl halides is 3. The second kappa shape index (κ2) is 5.16. The molecule has 118 valence electrons. The van der Waals surface area contributed by atoms with Crippen molar-refractivity contribution in [2.75, 3.05) is 31.2 Å². The maximum absolute atomic E-state index is 13.2. The Balaban J connectivity index is 2.25. The number of rotatable bonds is 2. The number of anilines is 1. The highest BCUT2D eigenvalue weighted by Crippen LogP contribution is 2.33. The van der Waals surface area contributed by atoms with Crippen LogP contribution in [-0.2, 0) is 10.9 Å². The monoisotopic (exact) mass is 315 g/mol. The van der Waals surface area contributed by atoms with E-state index >= 15 is 0 Å². The van der Waals surface area contributed by atoms with Gasteiger partial charge in [0, 0.05) is 13.1 Å². The molecule has 0 unspecified atom stereocenters. The number of morpholine rings is 1. The van der Waals surface area contributed by atoms with Gasteiger partial charge in [-0.25, -0.2) is 9.78 Å². The molecule has 9 heteroatoms. The van der Waals surface area contributed by atoms with E-state index in [0.29, 0.717) is 26.3 Å². The highest BCUT2D eigenvalue weighted by molar-refractivity contribution is 5.94. The van der Waals surface area contributed by atoms with Crippen molar-refractivity contribution in [2.24, 2.45) is 0 Å². The van der Waals surface area contributed by atoms with Crippen molar-refractivity contribution in [3.8, 4) is 0 Å². The molecule has 3 rings (SSSR count). The first-order valence-electron chi connectivity index (χ1n) is 6.53. The number of nitrogens with zero attached hydrogens (tertiary/aromatic N) is 3. The zero-order chi connectivity index (χ0) is 15.9. The van der Waals surface area contributed by atoms with Gasteiger partial charge in [-0.3, -0.25) is 4.40 Å². The van der Waals surface area contributed by atoms with Gasteiger partial charge in [0.15, 0.2) is 5.65 Å². The first-order valence-corrected chi connectivity index (χ1v) is 6.53. The van der Waals surface area contributed by atoms with E-state index in [2.05, 4.69) is 4.98 Å². The normalized spacial score (nSPS) is 16.2. The van der Waals surface area contributed by atoms with Crippen molar-refractivity contribution in [1.82, 2.24) is 9.38 Å². The number of imidazole rings is 1. The lowest BCUT2D eigenvalue weighted by Gasteiger charge is -2.28. The van der Waals surface area contributed by atoms with E-state index in [1.165, 1.54) is 6.20 Å². The summed E-state index contributed by atoms with van der Waals surface area (Å²) < 4.78 is 45.7. The van der Waals surface area contributed by atoms with Gasteiger partial charge in [-0.15, -0.1) is 0 Å². The van der Waals surface area contributed by atoms with E-state index in [0.717, 1.165) is 16.5 Å². The summed E-state index contributed by atoms with van der Waals surface area (Å²) in [7, 11) is 0. The van der Waals surface area contributed by atoms with Crippen LogP contribution in [0.2, 0.25) is 0 Å². The Morgan fingerprint density at radius 2 is 1.95 bits per heavy atom. The molecule has 1 N–H and O–H groups in total. The molecule has 2 aromatic rings. The van der Waals surface area contributed by atoms with Crippen molar-refractivity contribution in [2.45, 2.75) is 6.18 Å². The Bertz CT molecular complexity index is 720. The van der Waals surface area contributed by atoms with Crippen molar-refractivity contribution < 1.29 is 27.8 Å². The fourth-order valence-electron chi connectivity index (χ4n) is 2.49. The Morgan fingerprint density at radius 1 is 1.27 bits per heavy atom. The molecule has 1 aliphatic heterocycles. The second-order valence-electron chi connectivity index (χ2n) is 4.81. The molecule has 22 heavy (non-hydrogen) atoms. The Kier molecular flexibility index (Phi) is 3.44. The summed E-state index contributed by atoms with van der Waals surface area (Å²) in [5.41, 5.74) is -1.44. The van der Waals surface area contributed by atoms with Crippen LogP contribution in [0.4, 0.5) is 19.0 Å². The van der Waals surface area contributed by atoms with Gasteiger partial charge < -0.3 is 14.7 Å². The fraction of sp³-hybridized carbons (Fsp3) is 0.385. The minimum absolute atomic E-state index is 0.216. The molecule has 6 nitrogen and oxygen atoms in total.